The third-order valence-electron chi connectivity index (χ3n) is 7.72. The number of hydrogen-bond acceptors (Lipinski definition) is 2. The second-order valence-corrected chi connectivity index (χ2v) is 10.3. The van der Waals surface area contributed by atoms with E-state index in [0.717, 1.165) is 0 Å². The molecule has 2 aromatic rings. The number of rotatable bonds is 2. The highest BCUT2D eigenvalue weighted by Gasteiger charge is 2.87. The van der Waals surface area contributed by atoms with Crippen molar-refractivity contribution in [3.63, 3.8) is 0 Å². The average Bonchev–Trinajstić information content (AvgIpc) is 3.02. The van der Waals surface area contributed by atoms with Gasteiger partial charge in [-0.3, -0.25) is 0 Å². The van der Waals surface area contributed by atoms with Gasteiger partial charge in [-0.1, -0.05) is 71.7 Å². The lowest BCUT2D eigenvalue weighted by Gasteiger charge is -2.54. The van der Waals surface area contributed by atoms with Gasteiger partial charge in [-0.25, -0.2) is 0 Å². The monoisotopic (exact) mass is 466 g/mol. The van der Waals surface area contributed by atoms with Crippen molar-refractivity contribution >= 4 is 46.4 Å². The Morgan fingerprint density at radius 1 is 0.655 bits per heavy atom. The fourth-order valence-corrected chi connectivity index (χ4v) is 9.18. The lowest BCUT2D eigenvalue weighted by molar-refractivity contribution is -0.220. The van der Waals surface area contributed by atoms with E-state index in [9.17, 15) is 0 Å². The molecule has 0 aliphatic heterocycles. The molecule has 0 radical (unpaired) electrons. The zero-order valence-corrected chi connectivity index (χ0v) is 18.8. The summed E-state index contributed by atoms with van der Waals surface area (Å²) in [7, 11) is 3.13. The Kier molecular flexibility index (Phi) is 3.75. The van der Waals surface area contributed by atoms with Crippen LogP contribution in [0.3, 0.4) is 0 Å². The van der Waals surface area contributed by atoms with E-state index in [1.165, 1.54) is 22.3 Å². The highest BCUT2D eigenvalue weighted by atomic mass is 35.5. The van der Waals surface area contributed by atoms with Gasteiger partial charge < -0.3 is 9.47 Å². The Morgan fingerprint density at radius 2 is 0.966 bits per heavy atom. The fraction of sp³-hybridized carbons (Fsp3) is 0.391. The van der Waals surface area contributed by atoms with Crippen molar-refractivity contribution in [3.05, 3.63) is 80.8 Å². The Bertz CT molecular complexity index is 966. The smallest absolute Gasteiger partial charge is 0.217 e. The van der Waals surface area contributed by atoms with Gasteiger partial charge >= 0.3 is 0 Å². The number of fused-ring (bicyclic) bond motifs is 2. The summed E-state index contributed by atoms with van der Waals surface area (Å²) in [4.78, 5) is -2.38. The van der Waals surface area contributed by atoms with Gasteiger partial charge in [-0.05, 0) is 22.3 Å². The van der Waals surface area contributed by atoms with E-state index in [4.69, 9.17) is 55.9 Å². The molecular weight excluding hydrogens is 450 g/mol. The molecule has 1 fully saturated rings. The zero-order valence-electron chi connectivity index (χ0n) is 15.8. The normalized spacial score (nSPS) is 40.1. The topological polar surface area (TPSA) is 18.5 Å². The number of alkyl halides is 2. The SMILES string of the molecule is COC1(OC)[C@@]2(Cl)C(Cl)=C(Cl)[C@]1(Cl)[C@@H]1C3c4ccccc4C(c4ccccc43)[C@@H]12. The Morgan fingerprint density at radius 3 is 1.24 bits per heavy atom. The number of benzene rings is 2. The van der Waals surface area contributed by atoms with Crippen LogP contribution in [0.25, 0.3) is 0 Å². The molecule has 0 aromatic heterocycles. The fourth-order valence-electron chi connectivity index (χ4n) is 6.91. The van der Waals surface area contributed by atoms with Gasteiger partial charge in [-0.15, -0.1) is 23.2 Å². The Labute approximate surface area is 189 Å². The lowest BCUT2D eigenvalue weighted by Crippen LogP contribution is -2.57. The first-order chi connectivity index (χ1) is 13.9. The maximum Gasteiger partial charge on any atom is 0.217 e. The van der Waals surface area contributed by atoms with Gasteiger partial charge in [0, 0.05) is 37.9 Å². The maximum atomic E-state index is 7.45. The molecule has 0 N–H and O–H groups in total. The molecule has 5 aliphatic carbocycles. The maximum absolute atomic E-state index is 7.45. The molecule has 0 spiro atoms. The number of methoxy groups -OCH3 is 2. The molecule has 29 heavy (non-hydrogen) atoms. The van der Waals surface area contributed by atoms with Crippen LogP contribution in [0.5, 0.6) is 0 Å². The molecule has 4 bridgehead atoms. The van der Waals surface area contributed by atoms with E-state index in [-0.39, 0.29) is 23.7 Å². The van der Waals surface area contributed by atoms with E-state index in [1.807, 2.05) is 0 Å². The molecule has 7 rings (SSSR count). The number of hydrogen-bond donors (Lipinski definition) is 0. The van der Waals surface area contributed by atoms with Crippen molar-refractivity contribution in [2.45, 2.75) is 27.4 Å². The van der Waals surface area contributed by atoms with Crippen molar-refractivity contribution in [3.8, 4) is 0 Å². The molecule has 0 unspecified atom stereocenters. The summed E-state index contributed by atoms with van der Waals surface area (Å²) in [5.74, 6) is -1.55. The second kappa shape index (κ2) is 5.73. The first-order valence-electron chi connectivity index (χ1n) is 9.62. The molecule has 6 heteroatoms. The average molecular weight is 468 g/mol. The quantitative estimate of drug-likeness (QED) is 0.388. The van der Waals surface area contributed by atoms with Crippen LogP contribution in [0.4, 0.5) is 0 Å². The van der Waals surface area contributed by atoms with Crippen LogP contribution in [0, 0.1) is 11.8 Å². The van der Waals surface area contributed by atoms with Crippen molar-refractivity contribution < 1.29 is 9.47 Å². The van der Waals surface area contributed by atoms with Crippen LogP contribution in [0.1, 0.15) is 34.1 Å². The molecule has 5 aliphatic rings. The Hall–Kier alpha value is -0.740. The summed E-state index contributed by atoms with van der Waals surface area (Å²) in [5, 5.41) is 0.673. The standard InChI is InChI=1S/C23H18Cl4O2/c1-28-23(29-2)21(26)17-15-11-7-3-4-8-12(11)16(14-10-6-5-9-13(14)15)18(17)22(23,27)20(25)19(21)24/h3-10,15-18H,1-2H3/t15?,16?,17-,18+,21-,22+. The summed E-state index contributed by atoms with van der Waals surface area (Å²) >= 11 is 28.5. The summed E-state index contributed by atoms with van der Waals surface area (Å²) in [6.45, 7) is 0. The van der Waals surface area contributed by atoms with E-state index in [0.29, 0.717) is 10.1 Å². The van der Waals surface area contributed by atoms with Crippen molar-refractivity contribution in [1.29, 1.82) is 0 Å². The van der Waals surface area contributed by atoms with E-state index in [2.05, 4.69) is 48.5 Å². The van der Waals surface area contributed by atoms with Gasteiger partial charge in [0.25, 0.3) is 0 Å². The van der Waals surface area contributed by atoms with Gasteiger partial charge in [0.2, 0.25) is 5.79 Å². The van der Waals surface area contributed by atoms with Crippen molar-refractivity contribution in [2.24, 2.45) is 11.8 Å². The van der Waals surface area contributed by atoms with Gasteiger partial charge in [-0.2, -0.15) is 0 Å². The highest BCUT2D eigenvalue weighted by Crippen LogP contribution is 2.81. The minimum absolute atomic E-state index is 0.0266. The van der Waals surface area contributed by atoms with E-state index in [1.54, 1.807) is 14.2 Å². The summed E-state index contributed by atoms with van der Waals surface area (Å²) < 4.78 is 12.0. The molecule has 2 aromatic carbocycles. The molecule has 1 saturated carbocycles. The Balaban J connectivity index is 1.75. The number of halogens is 4. The van der Waals surface area contributed by atoms with Crippen LogP contribution in [0.15, 0.2) is 58.6 Å². The van der Waals surface area contributed by atoms with Crippen LogP contribution in [-0.4, -0.2) is 29.8 Å². The molecular formula is C23H18Cl4O2. The molecule has 4 atom stereocenters. The van der Waals surface area contributed by atoms with Crippen LogP contribution < -0.4 is 0 Å². The number of ether oxygens (including phenoxy) is 2. The predicted octanol–water partition coefficient (Wildman–Crippen LogP) is 6.17. The first-order valence-corrected chi connectivity index (χ1v) is 11.1. The zero-order chi connectivity index (χ0) is 20.3. The van der Waals surface area contributed by atoms with Crippen molar-refractivity contribution in [2.75, 3.05) is 14.2 Å². The highest BCUT2D eigenvalue weighted by molar-refractivity contribution is 6.52. The van der Waals surface area contributed by atoms with Crippen LogP contribution in [0.2, 0.25) is 0 Å². The molecule has 0 heterocycles. The van der Waals surface area contributed by atoms with Gasteiger partial charge in [0.05, 0.1) is 10.1 Å². The van der Waals surface area contributed by atoms with E-state index >= 15 is 0 Å². The largest absolute Gasteiger partial charge is 0.350 e. The molecule has 0 saturated heterocycles. The molecule has 2 nitrogen and oxygen atoms in total. The van der Waals surface area contributed by atoms with Gasteiger partial charge in [0.15, 0.2) is 0 Å². The minimum Gasteiger partial charge on any atom is -0.350 e. The predicted molar refractivity (Wildman–Crippen MR) is 116 cm³/mol. The van der Waals surface area contributed by atoms with E-state index < -0.39 is 15.5 Å². The van der Waals surface area contributed by atoms with Crippen molar-refractivity contribution in [1.82, 2.24) is 0 Å². The van der Waals surface area contributed by atoms with Gasteiger partial charge in [0.1, 0.15) is 9.75 Å². The second-order valence-electron chi connectivity index (χ2n) is 8.34. The summed E-state index contributed by atoms with van der Waals surface area (Å²) in [6.07, 6.45) is 0. The molecule has 0 amide bonds. The summed E-state index contributed by atoms with van der Waals surface area (Å²) in [6, 6.07) is 17.1. The molecule has 150 valence electrons. The van der Waals surface area contributed by atoms with Crippen LogP contribution in [-0.2, 0) is 9.47 Å². The summed E-state index contributed by atoms with van der Waals surface area (Å²) in [5.41, 5.74) is 5.08. The third-order valence-corrected chi connectivity index (χ3v) is 10.4. The minimum atomic E-state index is -1.37. The van der Waals surface area contributed by atoms with Crippen LogP contribution >= 0.6 is 46.4 Å². The first kappa shape index (κ1) is 19.0. The third kappa shape index (κ3) is 1.70. The lowest BCUT2D eigenvalue weighted by atomic mass is 9.51.